The van der Waals surface area contributed by atoms with E-state index in [1.165, 1.54) is 57.2 Å². The van der Waals surface area contributed by atoms with Crippen molar-refractivity contribution in [2.24, 2.45) is 0 Å². The van der Waals surface area contributed by atoms with Gasteiger partial charge in [-0.1, -0.05) is 66.7 Å². The minimum absolute atomic E-state index is 0.682. The molecule has 4 heteroatoms. The fraction of sp³-hybridized carbons (Fsp3) is 0. The maximum absolute atomic E-state index is 9.56. The van der Waals surface area contributed by atoms with Gasteiger partial charge in [0.15, 0.2) is 0 Å². The Bertz CT molecular complexity index is 2550. The van der Waals surface area contributed by atoms with Gasteiger partial charge in [0, 0.05) is 46.4 Å². The van der Waals surface area contributed by atoms with Gasteiger partial charge in [0.25, 0.3) is 0 Å². The maximum atomic E-state index is 9.56. The molecule has 0 aliphatic heterocycles. The molecule has 190 valence electrons. The van der Waals surface area contributed by atoms with Gasteiger partial charge >= 0.3 is 0 Å². The lowest BCUT2D eigenvalue weighted by Crippen LogP contribution is -1.93. The predicted molar refractivity (Wildman–Crippen MR) is 177 cm³/mol. The van der Waals surface area contributed by atoms with Crippen LogP contribution in [0.2, 0.25) is 0 Å². The number of aromatic nitrogens is 1. The molecule has 0 atom stereocenters. The molecule has 9 rings (SSSR count). The maximum Gasteiger partial charge on any atom is 0.0991 e. The number of nitrogens with zero attached hydrogens (tertiary/aromatic N) is 2. The zero-order valence-corrected chi connectivity index (χ0v) is 23.4. The number of thiophene rings is 2. The van der Waals surface area contributed by atoms with Gasteiger partial charge in [-0.25, -0.2) is 0 Å². The Hall–Kier alpha value is -4.95. The largest absolute Gasteiger partial charge is 0.308 e. The third-order valence-electron chi connectivity index (χ3n) is 8.23. The Morgan fingerprint density at radius 2 is 1.29 bits per heavy atom. The Balaban J connectivity index is 1.31. The summed E-state index contributed by atoms with van der Waals surface area (Å²) >= 11 is 3.72. The van der Waals surface area contributed by atoms with E-state index in [0.717, 1.165) is 21.8 Å². The van der Waals surface area contributed by atoms with E-state index in [9.17, 15) is 5.26 Å². The van der Waals surface area contributed by atoms with Gasteiger partial charge in [-0.2, -0.15) is 5.26 Å². The Morgan fingerprint density at radius 1 is 0.537 bits per heavy atom. The Labute approximate surface area is 243 Å². The molecule has 0 aliphatic rings. The molecule has 3 aromatic heterocycles. The number of benzene rings is 6. The second kappa shape index (κ2) is 8.52. The van der Waals surface area contributed by atoms with Crippen molar-refractivity contribution in [2.75, 3.05) is 0 Å². The van der Waals surface area contributed by atoms with Gasteiger partial charge in [0.05, 0.1) is 33.1 Å². The fourth-order valence-corrected chi connectivity index (χ4v) is 8.76. The van der Waals surface area contributed by atoms with E-state index >= 15 is 0 Å². The molecule has 0 N–H and O–H groups in total. The van der Waals surface area contributed by atoms with E-state index < -0.39 is 0 Å². The predicted octanol–water partition coefficient (Wildman–Crippen LogP) is 11.1. The summed E-state index contributed by atoms with van der Waals surface area (Å²) < 4.78 is 7.57. The molecule has 0 radical (unpaired) electrons. The quantitative estimate of drug-likeness (QED) is 0.208. The van der Waals surface area contributed by atoms with E-state index in [1.807, 2.05) is 34.8 Å². The Kier molecular flexibility index (Phi) is 4.74. The van der Waals surface area contributed by atoms with Crippen LogP contribution in [0.1, 0.15) is 5.56 Å². The summed E-state index contributed by atoms with van der Waals surface area (Å²) in [6.45, 7) is 0. The molecule has 9 aromatic rings. The summed E-state index contributed by atoms with van der Waals surface area (Å²) in [5.41, 5.74) is 6.66. The molecule has 0 saturated heterocycles. The first-order valence-electron chi connectivity index (χ1n) is 13.6. The molecule has 0 saturated carbocycles. The number of fused-ring (bicyclic) bond motifs is 9. The van der Waals surface area contributed by atoms with Gasteiger partial charge in [-0.05, 0) is 65.7 Å². The molecule has 41 heavy (non-hydrogen) atoms. The van der Waals surface area contributed by atoms with Crippen LogP contribution in [0.5, 0.6) is 0 Å². The summed E-state index contributed by atoms with van der Waals surface area (Å²) in [5, 5.41) is 17.1. The molecule has 0 amide bonds. The minimum atomic E-state index is 0.682. The molecule has 0 spiro atoms. The zero-order chi connectivity index (χ0) is 27.1. The molecule has 0 aliphatic carbocycles. The van der Waals surface area contributed by atoms with Crippen molar-refractivity contribution < 1.29 is 0 Å². The molecule has 0 unspecified atom stereocenters. The van der Waals surface area contributed by atoms with E-state index in [-0.39, 0.29) is 0 Å². The molecular formula is C37H20N2S2. The number of hydrogen-bond acceptors (Lipinski definition) is 3. The topological polar surface area (TPSA) is 28.7 Å². The smallest absolute Gasteiger partial charge is 0.0991 e. The average Bonchev–Trinajstić information content (AvgIpc) is 3.70. The second-order valence-electron chi connectivity index (χ2n) is 10.4. The third-order valence-corrected chi connectivity index (χ3v) is 10.6. The van der Waals surface area contributed by atoms with E-state index in [2.05, 4.69) is 120 Å². The van der Waals surface area contributed by atoms with Crippen LogP contribution in [0.25, 0.3) is 79.0 Å². The lowest BCUT2D eigenvalue weighted by atomic mass is 9.98. The van der Waals surface area contributed by atoms with Crippen LogP contribution in [0, 0.1) is 11.3 Å². The molecule has 0 fully saturated rings. The average molecular weight is 557 g/mol. The molecule has 6 aromatic carbocycles. The van der Waals surface area contributed by atoms with Crippen LogP contribution in [-0.4, -0.2) is 4.57 Å². The molecule has 3 heterocycles. The van der Waals surface area contributed by atoms with Crippen molar-refractivity contribution in [3.8, 4) is 22.9 Å². The van der Waals surface area contributed by atoms with Crippen molar-refractivity contribution in [3.63, 3.8) is 0 Å². The number of hydrogen-bond donors (Lipinski definition) is 0. The summed E-state index contributed by atoms with van der Waals surface area (Å²) in [6.07, 6.45) is 0. The monoisotopic (exact) mass is 556 g/mol. The van der Waals surface area contributed by atoms with Gasteiger partial charge in [0.1, 0.15) is 0 Å². The highest BCUT2D eigenvalue weighted by Crippen LogP contribution is 2.44. The van der Waals surface area contributed by atoms with Gasteiger partial charge in [-0.3, -0.25) is 0 Å². The van der Waals surface area contributed by atoms with Gasteiger partial charge in [-0.15, -0.1) is 22.7 Å². The van der Waals surface area contributed by atoms with E-state index in [0.29, 0.717) is 5.56 Å². The van der Waals surface area contributed by atoms with Crippen LogP contribution >= 0.6 is 22.7 Å². The molecular weight excluding hydrogens is 537 g/mol. The van der Waals surface area contributed by atoms with Crippen molar-refractivity contribution in [1.82, 2.24) is 4.57 Å². The highest BCUT2D eigenvalue weighted by molar-refractivity contribution is 7.26. The van der Waals surface area contributed by atoms with Crippen LogP contribution in [0.3, 0.4) is 0 Å². The first kappa shape index (κ1) is 22.8. The lowest BCUT2D eigenvalue weighted by molar-refractivity contribution is 1.20. The van der Waals surface area contributed by atoms with Crippen LogP contribution in [-0.2, 0) is 0 Å². The summed E-state index contributed by atoms with van der Waals surface area (Å²) in [6, 6.07) is 45.8. The highest BCUT2D eigenvalue weighted by Gasteiger charge is 2.18. The first-order valence-corrected chi connectivity index (χ1v) is 15.2. The van der Waals surface area contributed by atoms with Crippen molar-refractivity contribution >= 4 is 84.8 Å². The summed E-state index contributed by atoms with van der Waals surface area (Å²) in [4.78, 5) is 0. The molecule has 2 nitrogen and oxygen atoms in total. The van der Waals surface area contributed by atoms with Crippen molar-refractivity contribution in [1.29, 1.82) is 5.26 Å². The van der Waals surface area contributed by atoms with Crippen molar-refractivity contribution in [3.05, 3.63) is 127 Å². The van der Waals surface area contributed by atoms with E-state index in [1.54, 1.807) is 0 Å². The standard InChI is InChI=1S/C37H20N2S2/c38-21-22-15-17-31-28(19-22)25-7-1-3-11-30(25)39(31)32-12-5-10-26-29-20-23(16-18-34(29)41-37(26)32)24-9-6-14-35-36(24)27-8-2-4-13-33(27)40-35/h1-20H. The van der Waals surface area contributed by atoms with Gasteiger partial charge in [0.2, 0.25) is 0 Å². The van der Waals surface area contributed by atoms with Crippen LogP contribution < -0.4 is 0 Å². The summed E-state index contributed by atoms with van der Waals surface area (Å²) in [5.74, 6) is 0. The van der Waals surface area contributed by atoms with Gasteiger partial charge < -0.3 is 4.57 Å². The number of nitriles is 1. The minimum Gasteiger partial charge on any atom is -0.308 e. The summed E-state index contributed by atoms with van der Waals surface area (Å²) in [7, 11) is 0. The second-order valence-corrected chi connectivity index (χ2v) is 12.6. The SMILES string of the molecule is N#Cc1ccc2c(c1)c1ccccc1n2-c1cccc2c1sc1ccc(-c3cccc4sc5ccccc5c34)cc12. The lowest BCUT2D eigenvalue weighted by Gasteiger charge is -2.09. The fourth-order valence-electron chi connectivity index (χ4n) is 6.44. The van der Waals surface area contributed by atoms with Crippen LogP contribution in [0.4, 0.5) is 0 Å². The molecule has 0 bridgehead atoms. The number of para-hydroxylation sites is 1. The van der Waals surface area contributed by atoms with Crippen LogP contribution in [0.15, 0.2) is 121 Å². The zero-order valence-electron chi connectivity index (χ0n) is 21.8. The number of rotatable bonds is 2. The highest BCUT2D eigenvalue weighted by atomic mass is 32.1. The third kappa shape index (κ3) is 3.22. The Morgan fingerprint density at radius 3 is 2.22 bits per heavy atom. The van der Waals surface area contributed by atoms with Crippen molar-refractivity contribution in [2.45, 2.75) is 0 Å². The normalized spacial score (nSPS) is 11.9. The van der Waals surface area contributed by atoms with E-state index in [4.69, 9.17) is 0 Å². The first-order chi connectivity index (χ1) is 20.3.